The maximum atomic E-state index is 12.1. The van der Waals surface area contributed by atoms with E-state index in [2.05, 4.69) is 32.1 Å². The molecule has 0 aliphatic carbocycles. The van der Waals surface area contributed by atoms with E-state index in [-0.39, 0.29) is 5.91 Å². The second-order valence-corrected chi connectivity index (χ2v) is 5.76. The number of aromatic nitrogens is 3. The van der Waals surface area contributed by atoms with Crippen LogP contribution in [0.4, 0.5) is 0 Å². The van der Waals surface area contributed by atoms with Gasteiger partial charge in [-0.25, -0.2) is 4.98 Å². The number of fused-ring (bicyclic) bond motifs is 1. The van der Waals surface area contributed by atoms with Crippen LogP contribution in [0, 0.1) is 0 Å². The molecule has 7 nitrogen and oxygen atoms in total. The molecule has 0 spiro atoms. The summed E-state index contributed by atoms with van der Waals surface area (Å²) in [5, 5.41) is 2.98. The zero-order valence-corrected chi connectivity index (χ0v) is 12.9. The summed E-state index contributed by atoms with van der Waals surface area (Å²) in [6, 6.07) is 0. The third-order valence-electron chi connectivity index (χ3n) is 4.04. The van der Waals surface area contributed by atoms with E-state index in [0.717, 1.165) is 43.9 Å². The van der Waals surface area contributed by atoms with Crippen LogP contribution in [0.2, 0.25) is 0 Å². The number of imidazole rings is 1. The van der Waals surface area contributed by atoms with E-state index in [1.54, 1.807) is 18.6 Å². The van der Waals surface area contributed by atoms with Crippen LogP contribution >= 0.6 is 0 Å². The molecule has 1 saturated heterocycles. The fraction of sp³-hybridized carbons (Fsp3) is 0.533. The van der Waals surface area contributed by atoms with E-state index in [1.807, 2.05) is 10.6 Å². The molecule has 1 amide bonds. The molecule has 0 saturated carbocycles. The molecule has 22 heavy (non-hydrogen) atoms. The van der Waals surface area contributed by atoms with Gasteiger partial charge in [0, 0.05) is 25.5 Å². The van der Waals surface area contributed by atoms with Crippen molar-refractivity contribution in [1.29, 1.82) is 0 Å². The van der Waals surface area contributed by atoms with Crippen LogP contribution in [0.5, 0.6) is 0 Å². The van der Waals surface area contributed by atoms with Crippen LogP contribution in [-0.4, -0.2) is 69.8 Å². The van der Waals surface area contributed by atoms with Gasteiger partial charge in [-0.1, -0.05) is 0 Å². The average Bonchev–Trinajstić information content (AvgIpc) is 2.83. The monoisotopic (exact) mass is 302 g/mol. The van der Waals surface area contributed by atoms with Gasteiger partial charge in [0.2, 0.25) is 5.91 Å². The molecule has 0 atom stereocenters. The Hall–Kier alpha value is -1.99. The predicted molar refractivity (Wildman–Crippen MR) is 83.4 cm³/mol. The minimum Gasteiger partial charge on any atom is -0.349 e. The van der Waals surface area contributed by atoms with Crippen LogP contribution in [0.15, 0.2) is 24.8 Å². The molecule has 2 aromatic rings. The Morgan fingerprint density at radius 3 is 3.09 bits per heavy atom. The molecule has 118 valence electrons. The second kappa shape index (κ2) is 6.85. The SMILES string of the molecule is CN1CCCN(CC(=O)NCc2cnc3cnccn23)CC1. The predicted octanol–water partition coefficient (Wildman–Crippen LogP) is -0.0170. The first-order chi connectivity index (χ1) is 10.7. The van der Waals surface area contributed by atoms with Crippen molar-refractivity contribution in [1.82, 2.24) is 29.5 Å². The van der Waals surface area contributed by atoms with Crippen molar-refractivity contribution in [2.45, 2.75) is 13.0 Å². The van der Waals surface area contributed by atoms with E-state index in [9.17, 15) is 4.79 Å². The topological polar surface area (TPSA) is 65.8 Å². The molecule has 2 aromatic heterocycles. The van der Waals surface area contributed by atoms with Crippen LogP contribution in [-0.2, 0) is 11.3 Å². The smallest absolute Gasteiger partial charge is 0.234 e. The summed E-state index contributed by atoms with van der Waals surface area (Å²) in [6.45, 7) is 5.01. The number of hydrogen-bond donors (Lipinski definition) is 1. The molecule has 0 bridgehead atoms. The number of carbonyl (C=O) groups excluding carboxylic acids is 1. The number of likely N-dealkylation sites (N-methyl/N-ethyl adjacent to an activating group) is 1. The van der Waals surface area contributed by atoms with Crippen molar-refractivity contribution < 1.29 is 4.79 Å². The zero-order valence-electron chi connectivity index (χ0n) is 12.9. The first-order valence-corrected chi connectivity index (χ1v) is 7.66. The van der Waals surface area contributed by atoms with E-state index >= 15 is 0 Å². The van der Waals surface area contributed by atoms with Gasteiger partial charge in [-0.05, 0) is 26.6 Å². The van der Waals surface area contributed by atoms with E-state index in [1.165, 1.54) is 0 Å². The number of carbonyl (C=O) groups is 1. The molecular weight excluding hydrogens is 280 g/mol. The summed E-state index contributed by atoms with van der Waals surface area (Å²) in [4.78, 5) is 25.0. The molecule has 7 heteroatoms. The van der Waals surface area contributed by atoms with Crippen molar-refractivity contribution in [3.63, 3.8) is 0 Å². The van der Waals surface area contributed by atoms with Crippen molar-refractivity contribution in [3.05, 3.63) is 30.5 Å². The normalized spacial score (nSPS) is 17.5. The molecule has 3 heterocycles. The Morgan fingerprint density at radius 1 is 1.27 bits per heavy atom. The summed E-state index contributed by atoms with van der Waals surface area (Å²) in [5.41, 5.74) is 1.75. The summed E-state index contributed by atoms with van der Waals surface area (Å²) in [5.74, 6) is 0.0635. The van der Waals surface area contributed by atoms with Crippen molar-refractivity contribution in [3.8, 4) is 0 Å². The summed E-state index contributed by atoms with van der Waals surface area (Å²) in [7, 11) is 2.13. The standard InChI is InChI=1S/C15H22N6O/c1-19-4-2-5-20(8-7-19)12-15(22)18-10-13-9-17-14-11-16-3-6-21(13)14/h3,6,9,11H,2,4-5,7-8,10,12H2,1H3,(H,18,22). The Morgan fingerprint density at radius 2 is 2.18 bits per heavy atom. The van der Waals surface area contributed by atoms with Crippen LogP contribution in [0.25, 0.3) is 5.65 Å². The lowest BCUT2D eigenvalue weighted by Crippen LogP contribution is -2.38. The maximum absolute atomic E-state index is 12.1. The lowest BCUT2D eigenvalue weighted by Gasteiger charge is -2.19. The van der Waals surface area contributed by atoms with E-state index in [0.29, 0.717) is 13.1 Å². The van der Waals surface area contributed by atoms with Gasteiger partial charge in [0.15, 0.2) is 5.65 Å². The van der Waals surface area contributed by atoms with Crippen LogP contribution < -0.4 is 5.32 Å². The third kappa shape index (κ3) is 3.61. The minimum atomic E-state index is 0.0635. The molecule has 0 radical (unpaired) electrons. The fourth-order valence-electron chi connectivity index (χ4n) is 2.73. The van der Waals surface area contributed by atoms with Gasteiger partial charge in [-0.3, -0.25) is 19.1 Å². The van der Waals surface area contributed by atoms with Gasteiger partial charge in [-0.15, -0.1) is 0 Å². The molecule has 0 unspecified atom stereocenters. The minimum absolute atomic E-state index is 0.0635. The largest absolute Gasteiger partial charge is 0.349 e. The first-order valence-electron chi connectivity index (χ1n) is 7.66. The van der Waals surface area contributed by atoms with Gasteiger partial charge in [0.1, 0.15) is 0 Å². The molecule has 1 fully saturated rings. The van der Waals surface area contributed by atoms with Crippen LogP contribution in [0.3, 0.4) is 0 Å². The number of nitrogens with one attached hydrogen (secondary N) is 1. The van der Waals surface area contributed by atoms with Gasteiger partial charge < -0.3 is 10.2 Å². The zero-order chi connectivity index (χ0) is 15.4. The van der Waals surface area contributed by atoms with Crippen LogP contribution in [0.1, 0.15) is 12.1 Å². The molecule has 1 aliphatic heterocycles. The summed E-state index contributed by atoms with van der Waals surface area (Å²) >= 11 is 0. The van der Waals surface area contributed by atoms with Gasteiger partial charge >= 0.3 is 0 Å². The third-order valence-corrected chi connectivity index (χ3v) is 4.04. The van der Waals surface area contributed by atoms with Gasteiger partial charge in [0.05, 0.1) is 31.2 Å². The van der Waals surface area contributed by atoms with E-state index in [4.69, 9.17) is 0 Å². The number of rotatable bonds is 4. The Kier molecular flexibility index (Phi) is 4.65. The average molecular weight is 302 g/mol. The number of amides is 1. The highest BCUT2D eigenvalue weighted by Crippen LogP contribution is 2.04. The highest BCUT2D eigenvalue weighted by Gasteiger charge is 2.15. The highest BCUT2D eigenvalue weighted by atomic mass is 16.2. The maximum Gasteiger partial charge on any atom is 0.234 e. The Labute approximate surface area is 129 Å². The molecular formula is C15H22N6O. The lowest BCUT2D eigenvalue weighted by molar-refractivity contribution is -0.122. The highest BCUT2D eigenvalue weighted by molar-refractivity contribution is 5.78. The molecule has 1 aliphatic rings. The summed E-state index contributed by atoms with van der Waals surface area (Å²) in [6.07, 6.45) is 8.17. The van der Waals surface area contributed by atoms with Gasteiger partial charge in [-0.2, -0.15) is 0 Å². The molecule has 1 N–H and O–H groups in total. The summed E-state index contributed by atoms with van der Waals surface area (Å²) < 4.78 is 1.94. The van der Waals surface area contributed by atoms with Crippen molar-refractivity contribution in [2.24, 2.45) is 0 Å². The van der Waals surface area contributed by atoms with Gasteiger partial charge in [0.25, 0.3) is 0 Å². The quantitative estimate of drug-likeness (QED) is 0.860. The second-order valence-electron chi connectivity index (χ2n) is 5.76. The number of hydrogen-bond acceptors (Lipinski definition) is 5. The van der Waals surface area contributed by atoms with Crippen molar-refractivity contribution >= 4 is 11.6 Å². The fourth-order valence-corrected chi connectivity index (χ4v) is 2.73. The number of nitrogens with zero attached hydrogens (tertiary/aromatic N) is 5. The molecule has 3 rings (SSSR count). The Balaban J connectivity index is 1.52. The Bertz CT molecular complexity index is 640. The molecule has 0 aromatic carbocycles. The lowest BCUT2D eigenvalue weighted by atomic mass is 10.3. The first kappa shape index (κ1) is 14.9. The van der Waals surface area contributed by atoms with Crippen molar-refractivity contribution in [2.75, 3.05) is 39.8 Å². The van der Waals surface area contributed by atoms with E-state index < -0.39 is 0 Å².